The molecule has 2 amide bonds. The number of hydrogen-bond acceptors (Lipinski definition) is 5. The summed E-state index contributed by atoms with van der Waals surface area (Å²) >= 11 is 19.2. The number of aryl methyl sites for hydroxylation is 1. The second kappa shape index (κ2) is 14.5. The number of carbonyl (C=O) groups excluding carboxylic acids is 2. The van der Waals surface area contributed by atoms with Crippen LogP contribution in [0, 0.1) is 12.8 Å². The number of ether oxygens (including phenoxy) is 1. The van der Waals surface area contributed by atoms with E-state index in [4.69, 9.17) is 39.5 Å². The first-order chi connectivity index (χ1) is 19.8. The standard InChI is InChI=1S/C30H34Cl3N3O5S/c1-19(2)16-34-30(38)21(4)35(17-24-25(31)7-6-8-26(24)32)29(37)18-36(22-11-14-28(41-5)27(33)15-22)42(39,40)23-12-9-20(3)10-13-23/h6-15,19,21H,16-18H2,1-5H3,(H,34,38)/t21-/m1/s1. The Hall–Kier alpha value is -2.98. The van der Waals surface area contributed by atoms with E-state index in [1.54, 1.807) is 37.3 Å². The van der Waals surface area contributed by atoms with Crippen molar-refractivity contribution in [3.63, 3.8) is 0 Å². The minimum absolute atomic E-state index is 0.0173. The van der Waals surface area contributed by atoms with Crippen LogP contribution in [-0.4, -0.2) is 51.4 Å². The van der Waals surface area contributed by atoms with E-state index in [1.807, 2.05) is 20.8 Å². The molecule has 3 rings (SSSR count). The molecule has 0 aliphatic rings. The zero-order valence-corrected chi connectivity index (χ0v) is 27.1. The first-order valence-corrected chi connectivity index (χ1v) is 15.8. The SMILES string of the molecule is COc1ccc(N(CC(=O)N(Cc2c(Cl)cccc2Cl)[C@H](C)C(=O)NCC(C)C)S(=O)(=O)c2ccc(C)cc2)cc1Cl. The third-order valence-corrected chi connectivity index (χ3v) is 9.34. The van der Waals surface area contributed by atoms with Crippen LogP contribution in [0.3, 0.4) is 0 Å². The first-order valence-electron chi connectivity index (χ1n) is 13.2. The Morgan fingerprint density at radius 1 is 0.929 bits per heavy atom. The average molecular weight is 655 g/mol. The molecule has 12 heteroatoms. The maximum Gasteiger partial charge on any atom is 0.264 e. The zero-order valence-electron chi connectivity index (χ0n) is 24.0. The maximum atomic E-state index is 14.1. The Morgan fingerprint density at radius 3 is 2.10 bits per heavy atom. The van der Waals surface area contributed by atoms with E-state index in [0.29, 0.717) is 27.9 Å². The molecule has 0 saturated heterocycles. The average Bonchev–Trinajstić information content (AvgIpc) is 2.94. The van der Waals surface area contributed by atoms with Gasteiger partial charge in [-0.1, -0.05) is 72.4 Å². The lowest BCUT2D eigenvalue weighted by Crippen LogP contribution is -2.51. The van der Waals surface area contributed by atoms with E-state index in [-0.39, 0.29) is 28.1 Å². The highest BCUT2D eigenvalue weighted by Crippen LogP contribution is 2.33. The fraction of sp³-hybridized carbons (Fsp3) is 0.333. The third kappa shape index (κ3) is 8.10. The molecule has 0 bridgehead atoms. The van der Waals surface area contributed by atoms with Crippen LogP contribution in [0.15, 0.2) is 65.6 Å². The summed E-state index contributed by atoms with van der Waals surface area (Å²) in [7, 11) is -2.82. The molecule has 0 radical (unpaired) electrons. The molecule has 0 aliphatic heterocycles. The highest BCUT2D eigenvalue weighted by Gasteiger charge is 2.33. The second-order valence-electron chi connectivity index (χ2n) is 10.2. The fourth-order valence-corrected chi connectivity index (χ4v) is 6.24. The van der Waals surface area contributed by atoms with E-state index in [2.05, 4.69) is 5.32 Å². The monoisotopic (exact) mass is 653 g/mol. The van der Waals surface area contributed by atoms with E-state index < -0.39 is 34.4 Å². The smallest absolute Gasteiger partial charge is 0.264 e. The molecule has 3 aromatic rings. The number of sulfonamides is 1. The lowest BCUT2D eigenvalue weighted by Gasteiger charge is -2.32. The van der Waals surface area contributed by atoms with E-state index in [1.165, 1.54) is 42.3 Å². The van der Waals surface area contributed by atoms with Crippen molar-refractivity contribution in [1.29, 1.82) is 0 Å². The number of carbonyl (C=O) groups is 2. The molecule has 0 heterocycles. The van der Waals surface area contributed by atoms with Crippen LogP contribution < -0.4 is 14.4 Å². The molecule has 8 nitrogen and oxygen atoms in total. The lowest BCUT2D eigenvalue weighted by molar-refractivity contribution is -0.139. The Labute approximate surface area is 262 Å². The Bertz CT molecular complexity index is 1510. The summed E-state index contributed by atoms with van der Waals surface area (Å²) in [5.74, 6) is -0.537. The number of rotatable bonds is 12. The van der Waals surface area contributed by atoms with Crippen LogP contribution in [0.25, 0.3) is 0 Å². The quantitative estimate of drug-likeness (QED) is 0.246. The maximum absolute atomic E-state index is 14.1. The molecular weight excluding hydrogens is 621 g/mol. The summed E-state index contributed by atoms with van der Waals surface area (Å²) in [6, 6.07) is 14.6. The van der Waals surface area contributed by atoms with Gasteiger partial charge in [-0.15, -0.1) is 0 Å². The zero-order chi connectivity index (χ0) is 31.2. The Morgan fingerprint density at radius 2 is 1.55 bits per heavy atom. The van der Waals surface area contributed by atoms with Crippen LogP contribution >= 0.6 is 34.8 Å². The molecule has 226 valence electrons. The molecule has 3 aromatic carbocycles. The van der Waals surface area contributed by atoms with Crippen molar-refractivity contribution in [2.75, 3.05) is 24.5 Å². The van der Waals surface area contributed by atoms with Gasteiger partial charge < -0.3 is 15.0 Å². The fourth-order valence-electron chi connectivity index (χ4n) is 4.07. The van der Waals surface area contributed by atoms with Crippen molar-refractivity contribution in [3.8, 4) is 5.75 Å². The highest BCUT2D eigenvalue weighted by molar-refractivity contribution is 7.92. The van der Waals surface area contributed by atoms with Gasteiger partial charge in [-0.25, -0.2) is 8.42 Å². The minimum atomic E-state index is -4.26. The summed E-state index contributed by atoms with van der Waals surface area (Å²) in [4.78, 5) is 28.5. The number of amides is 2. The normalized spacial score (nSPS) is 12.1. The summed E-state index contributed by atoms with van der Waals surface area (Å²) in [6.45, 7) is 6.94. The summed E-state index contributed by atoms with van der Waals surface area (Å²) < 4.78 is 34.1. The molecule has 0 unspecified atom stereocenters. The molecule has 1 N–H and O–H groups in total. The highest BCUT2D eigenvalue weighted by atomic mass is 35.5. The van der Waals surface area contributed by atoms with Crippen molar-refractivity contribution in [2.45, 2.75) is 45.2 Å². The van der Waals surface area contributed by atoms with Gasteiger partial charge in [0.1, 0.15) is 18.3 Å². The van der Waals surface area contributed by atoms with E-state index in [9.17, 15) is 18.0 Å². The number of anilines is 1. The lowest BCUT2D eigenvalue weighted by atomic mass is 10.1. The van der Waals surface area contributed by atoms with Gasteiger partial charge in [-0.2, -0.15) is 0 Å². The first kappa shape index (κ1) is 33.5. The topological polar surface area (TPSA) is 96.0 Å². The summed E-state index contributed by atoms with van der Waals surface area (Å²) in [5, 5.41) is 3.61. The molecule has 0 fully saturated rings. The summed E-state index contributed by atoms with van der Waals surface area (Å²) in [5.41, 5.74) is 1.44. The van der Waals surface area contributed by atoms with Crippen molar-refractivity contribution >= 4 is 62.3 Å². The molecule has 1 atom stereocenters. The molecule has 0 aromatic heterocycles. The summed E-state index contributed by atoms with van der Waals surface area (Å²) in [6.07, 6.45) is 0. The van der Waals surface area contributed by atoms with Crippen LogP contribution in [0.4, 0.5) is 5.69 Å². The molecule has 0 aliphatic carbocycles. The molecule has 42 heavy (non-hydrogen) atoms. The van der Waals surface area contributed by atoms with Crippen molar-refractivity contribution in [1.82, 2.24) is 10.2 Å². The Balaban J connectivity index is 2.09. The van der Waals surface area contributed by atoms with E-state index in [0.717, 1.165) is 9.87 Å². The number of benzene rings is 3. The van der Waals surface area contributed by atoms with Crippen LogP contribution in [0.2, 0.25) is 15.1 Å². The van der Waals surface area contributed by atoms with Crippen molar-refractivity contribution in [3.05, 3.63) is 86.9 Å². The number of hydrogen-bond donors (Lipinski definition) is 1. The van der Waals surface area contributed by atoms with Crippen LogP contribution in [-0.2, 0) is 26.2 Å². The molecule has 0 spiro atoms. The predicted molar refractivity (Wildman–Crippen MR) is 168 cm³/mol. The molecule has 0 saturated carbocycles. The van der Waals surface area contributed by atoms with Crippen molar-refractivity contribution < 1.29 is 22.7 Å². The third-order valence-electron chi connectivity index (χ3n) is 6.55. The van der Waals surface area contributed by atoms with Crippen LogP contribution in [0.5, 0.6) is 5.75 Å². The van der Waals surface area contributed by atoms with Gasteiger partial charge in [0.05, 0.1) is 22.7 Å². The minimum Gasteiger partial charge on any atom is -0.495 e. The van der Waals surface area contributed by atoms with Gasteiger partial charge in [0, 0.05) is 28.7 Å². The van der Waals surface area contributed by atoms with Gasteiger partial charge >= 0.3 is 0 Å². The Kier molecular flexibility index (Phi) is 11.5. The van der Waals surface area contributed by atoms with Gasteiger partial charge in [-0.05, 0) is 62.2 Å². The second-order valence-corrected chi connectivity index (χ2v) is 13.3. The van der Waals surface area contributed by atoms with Crippen molar-refractivity contribution in [2.24, 2.45) is 5.92 Å². The van der Waals surface area contributed by atoms with Gasteiger partial charge in [0.2, 0.25) is 11.8 Å². The number of methoxy groups -OCH3 is 1. The van der Waals surface area contributed by atoms with Crippen LogP contribution in [0.1, 0.15) is 31.9 Å². The predicted octanol–water partition coefficient (Wildman–Crippen LogP) is 6.35. The van der Waals surface area contributed by atoms with Gasteiger partial charge in [0.15, 0.2) is 0 Å². The number of nitrogens with one attached hydrogen (secondary N) is 1. The largest absolute Gasteiger partial charge is 0.495 e. The number of halogens is 3. The number of nitrogens with zero attached hydrogens (tertiary/aromatic N) is 2. The van der Waals surface area contributed by atoms with Gasteiger partial charge in [-0.3, -0.25) is 13.9 Å². The van der Waals surface area contributed by atoms with Gasteiger partial charge in [0.25, 0.3) is 10.0 Å². The molecular formula is C30H34Cl3N3O5S. The van der Waals surface area contributed by atoms with E-state index >= 15 is 0 Å².